The average Bonchev–Trinajstić information content (AvgIpc) is 2.48. The molecule has 0 radical (unpaired) electrons. The summed E-state index contributed by atoms with van der Waals surface area (Å²) in [6.07, 6.45) is 3.18. The number of piperidine rings is 1. The van der Waals surface area contributed by atoms with Crippen LogP contribution in [0.1, 0.15) is 31.7 Å². The minimum absolute atomic E-state index is 0.380. The molecule has 0 amide bonds. The van der Waals surface area contributed by atoms with Crippen molar-refractivity contribution >= 4 is 0 Å². The Hall–Kier alpha value is -1.26. The standard InChI is InChI=1S/C16H26N2O2/c1-3-10-20-15-5-4-13(11-16(15)19-2)12-18-8-6-14(17)7-9-18/h4-5,11,14H,3,6-10,12,17H2,1-2H3. The van der Waals surface area contributed by atoms with Gasteiger partial charge >= 0.3 is 0 Å². The molecule has 4 nitrogen and oxygen atoms in total. The van der Waals surface area contributed by atoms with Gasteiger partial charge in [-0.1, -0.05) is 13.0 Å². The molecule has 20 heavy (non-hydrogen) atoms. The number of ether oxygens (including phenoxy) is 2. The van der Waals surface area contributed by atoms with Crippen molar-refractivity contribution in [2.75, 3.05) is 26.8 Å². The molecule has 1 heterocycles. The van der Waals surface area contributed by atoms with Gasteiger partial charge < -0.3 is 15.2 Å². The molecule has 0 atom stereocenters. The third-order valence-corrected chi connectivity index (χ3v) is 3.73. The predicted molar refractivity (Wildman–Crippen MR) is 81.3 cm³/mol. The van der Waals surface area contributed by atoms with E-state index in [0.717, 1.165) is 57.0 Å². The van der Waals surface area contributed by atoms with E-state index in [0.29, 0.717) is 6.04 Å². The van der Waals surface area contributed by atoms with Crippen LogP contribution in [-0.2, 0) is 6.54 Å². The lowest BCUT2D eigenvalue weighted by Gasteiger charge is -2.30. The highest BCUT2D eigenvalue weighted by Crippen LogP contribution is 2.29. The van der Waals surface area contributed by atoms with Gasteiger partial charge in [-0.15, -0.1) is 0 Å². The average molecular weight is 278 g/mol. The SMILES string of the molecule is CCCOc1ccc(CN2CCC(N)CC2)cc1OC. The zero-order valence-electron chi connectivity index (χ0n) is 12.6. The molecule has 2 N–H and O–H groups in total. The highest BCUT2D eigenvalue weighted by Gasteiger charge is 2.16. The smallest absolute Gasteiger partial charge is 0.161 e. The normalized spacial score (nSPS) is 17.1. The highest BCUT2D eigenvalue weighted by molar-refractivity contribution is 5.43. The van der Waals surface area contributed by atoms with Crippen molar-refractivity contribution in [1.82, 2.24) is 4.90 Å². The fraction of sp³-hybridized carbons (Fsp3) is 0.625. The molecule has 1 saturated heterocycles. The van der Waals surface area contributed by atoms with E-state index in [1.165, 1.54) is 5.56 Å². The Morgan fingerprint density at radius 1 is 1.25 bits per heavy atom. The molecule has 1 aromatic rings. The number of nitrogens with zero attached hydrogens (tertiary/aromatic N) is 1. The molecule has 0 aliphatic carbocycles. The summed E-state index contributed by atoms with van der Waals surface area (Å²) in [6, 6.07) is 6.60. The summed E-state index contributed by atoms with van der Waals surface area (Å²) in [6.45, 7) is 5.94. The van der Waals surface area contributed by atoms with Gasteiger partial charge in [-0.05, 0) is 50.0 Å². The number of likely N-dealkylation sites (tertiary alicyclic amines) is 1. The van der Waals surface area contributed by atoms with Crippen LogP contribution in [0, 0.1) is 0 Å². The first-order valence-electron chi connectivity index (χ1n) is 7.50. The maximum Gasteiger partial charge on any atom is 0.161 e. The van der Waals surface area contributed by atoms with Gasteiger partial charge in [0.15, 0.2) is 11.5 Å². The van der Waals surface area contributed by atoms with E-state index in [-0.39, 0.29) is 0 Å². The lowest BCUT2D eigenvalue weighted by Crippen LogP contribution is -2.39. The van der Waals surface area contributed by atoms with E-state index in [1.54, 1.807) is 7.11 Å². The van der Waals surface area contributed by atoms with Gasteiger partial charge in [0, 0.05) is 12.6 Å². The summed E-state index contributed by atoms with van der Waals surface area (Å²) in [4.78, 5) is 2.45. The van der Waals surface area contributed by atoms with Crippen molar-refractivity contribution in [2.45, 2.75) is 38.8 Å². The van der Waals surface area contributed by atoms with Gasteiger partial charge in [0.05, 0.1) is 13.7 Å². The zero-order chi connectivity index (χ0) is 14.4. The van der Waals surface area contributed by atoms with E-state index in [4.69, 9.17) is 15.2 Å². The fourth-order valence-corrected chi connectivity index (χ4v) is 2.51. The predicted octanol–water partition coefficient (Wildman–Crippen LogP) is 2.41. The number of hydrogen-bond donors (Lipinski definition) is 1. The van der Waals surface area contributed by atoms with Crippen molar-refractivity contribution < 1.29 is 9.47 Å². The number of benzene rings is 1. The van der Waals surface area contributed by atoms with Gasteiger partial charge in [0.2, 0.25) is 0 Å². The molecule has 1 aliphatic rings. The van der Waals surface area contributed by atoms with Crippen molar-refractivity contribution in [2.24, 2.45) is 5.73 Å². The number of rotatable bonds is 6. The molecule has 1 fully saturated rings. The molecule has 1 aromatic carbocycles. The summed E-state index contributed by atoms with van der Waals surface area (Å²) >= 11 is 0. The molecular weight excluding hydrogens is 252 g/mol. The molecule has 0 saturated carbocycles. The number of nitrogens with two attached hydrogens (primary N) is 1. The van der Waals surface area contributed by atoms with Crippen LogP contribution in [0.2, 0.25) is 0 Å². The number of hydrogen-bond acceptors (Lipinski definition) is 4. The van der Waals surface area contributed by atoms with Gasteiger partial charge in [-0.2, -0.15) is 0 Å². The Balaban J connectivity index is 1.98. The lowest BCUT2D eigenvalue weighted by molar-refractivity contribution is 0.205. The zero-order valence-corrected chi connectivity index (χ0v) is 12.6. The highest BCUT2D eigenvalue weighted by atomic mass is 16.5. The minimum Gasteiger partial charge on any atom is -0.493 e. The van der Waals surface area contributed by atoms with Crippen LogP contribution in [0.4, 0.5) is 0 Å². The second-order valence-corrected chi connectivity index (χ2v) is 5.45. The van der Waals surface area contributed by atoms with E-state index in [1.807, 2.05) is 6.07 Å². The minimum atomic E-state index is 0.380. The summed E-state index contributed by atoms with van der Waals surface area (Å²) in [5.74, 6) is 1.66. The quantitative estimate of drug-likeness (QED) is 0.868. The van der Waals surface area contributed by atoms with Crippen LogP contribution in [0.25, 0.3) is 0 Å². The Morgan fingerprint density at radius 3 is 2.65 bits per heavy atom. The lowest BCUT2D eigenvalue weighted by atomic mass is 10.1. The Kier molecular flexibility index (Phi) is 5.68. The van der Waals surface area contributed by atoms with E-state index in [2.05, 4.69) is 24.0 Å². The number of methoxy groups -OCH3 is 1. The van der Waals surface area contributed by atoms with Gasteiger partial charge in [-0.25, -0.2) is 0 Å². The maximum absolute atomic E-state index is 5.94. The molecule has 1 aliphatic heterocycles. The monoisotopic (exact) mass is 278 g/mol. The second kappa shape index (κ2) is 7.50. The van der Waals surface area contributed by atoms with Crippen LogP contribution < -0.4 is 15.2 Å². The summed E-state index contributed by atoms with van der Waals surface area (Å²) < 4.78 is 11.1. The van der Waals surface area contributed by atoms with Crippen LogP contribution in [0.15, 0.2) is 18.2 Å². The Labute approximate surface area is 121 Å². The molecule has 2 rings (SSSR count). The first-order chi connectivity index (χ1) is 9.72. The molecule has 0 aromatic heterocycles. The first kappa shape index (κ1) is 15.1. The molecular formula is C16H26N2O2. The van der Waals surface area contributed by atoms with Gasteiger partial charge in [0.25, 0.3) is 0 Å². The fourth-order valence-electron chi connectivity index (χ4n) is 2.51. The van der Waals surface area contributed by atoms with Gasteiger partial charge in [-0.3, -0.25) is 4.90 Å². The van der Waals surface area contributed by atoms with Crippen molar-refractivity contribution in [3.05, 3.63) is 23.8 Å². The van der Waals surface area contributed by atoms with Crippen LogP contribution in [0.3, 0.4) is 0 Å². The largest absolute Gasteiger partial charge is 0.493 e. The Bertz CT molecular complexity index is 415. The third kappa shape index (κ3) is 4.12. The first-order valence-corrected chi connectivity index (χ1v) is 7.50. The summed E-state index contributed by atoms with van der Waals surface area (Å²) in [5, 5.41) is 0. The molecule has 0 spiro atoms. The Morgan fingerprint density at radius 2 is 2.00 bits per heavy atom. The van der Waals surface area contributed by atoms with E-state index in [9.17, 15) is 0 Å². The molecule has 0 bridgehead atoms. The molecule has 4 heteroatoms. The second-order valence-electron chi connectivity index (χ2n) is 5.45. The van der Waals surface area contributed by atoms with Crippen molar-refractivity contribution in [1.29, 1.82) is 0 Å². The van der Waals surface area contributed by atoms with Crippen molar-refractivity contribution in [3.8, 4) is 11.5 Å². The molecule has 0 unspecified atom stereocenters. The van der Waals surface area contributed by atoms with Crippen LogP contribution in [-0.4, -0.2) is 37.7 Å². The molecule has 112 valence electrons. The van der Waals surface area contributed by atoms with Gasteiger partial charge in [0.1, 0.15) is 0 Å². The van der Waals surface area contributed by atoms with Crippen LogP contribution in [0.5, 0.6) is 11.5 Å². The topological polar surface area (TPSA) is 47.7 Å². The maximum atomic E-state index is 5.94. The van der Waals surface area contributed by atoms with Crippen LogP contribution >= 0.6 is 0 Å². The van der Waals surface area contributed by atoms with E-state index >= 15 is 0 Å². The summed E-state index contributed by atoms with van der Waals surface area (Å²) in [7, 11) is 1.69. The van der Waals surface area contributed by atoms with E-state index < -0.39 is 0 Å². The third-order valence-electron chi connectivity index (χ3n) is 3.73. The summed E-state index contributed by atoms with van der Waals surface area (Å²) in [5.41, 5.74) is 7.20. The van der Waals surface area contributed by atoms with Crippen molar-refractivity contribution in [3.63, 3.8) is 0 Å².